The average Bonchev–Trinajstić information content (AvgIpc) is 2.91. The number of aromatic nitrogens is 1. The van der Waals surface area contributed by atoms with Gasteiger partial charge in [0, 0.05) is 30.1 Å². The third-order valence-corrected chi connectivity index (χ3v) is 5.28. The molecule has 0 aliphatic heterocycles. The predicted molar refractivity (Wildman–Crippen MR) is 113 cm³/mol. The predicted octanol–water partition coefficient (Wildman–Crippen LogP) is 2.76. The molecule has 1 aromatic heterocycles. The monoisotopic (exact) mass is 488 g/mol. The standard InChI is InChI=1S/C15H28N4O2S2.HI/c1-6-16-15(18-12(4)7-8-23(5,20)21)17-9-13-10-22-14(19-13)11(2)3;/h10-12H,6-9H2,1-5H3,(H2,16,17,18);1H. The number of halogens is 1. The van der Waals surface area contributed by atoms with Gasteiger partial charge in [0.25, 0.3) is 0 Å². The van der Waals surface area contributed by atoms with E-state index in [4.69, 9.17) is 0 Å². The zero-order valence-electron chi connectivity index (χ0n) is 15.0. The largest absolute Gasteiger partial charge is 0.357 e. The lowest BCUT2D eigenvalue weighted by Crippen LogP contribution is -2.42. The molecule has 0 aromatic carbocycles. The Labute approximate surface area is 166 Å². The summed E-state index contributed by atoms with van der Waals surface area (Å²) < 4.78 is 22.5. The van der Waals surface area contributed by atoms with E-state index < -0.39 is 9.84 Å². The Balaban J connectivity index is 0.00000529. The van der Waals surface area contributed by atoms with E-state index in [2.05, 4.69) is 34.5 Å². The smallest absolute Gasteiger partial charge is 0.191 e. The first-order valence-electron chi connectivity index (χ1n) is 7.88. The maximum absolute atomic E-state index is 11.2. The van der Waals surface area contributed by atoms with Gasteiger partial charge in [-0.1, -0.05) is 13.8 Å². The fraction of sp³-hybridized carbons (Fsp3) is 0.733. The number of guanidine groups is 1. The van der Waals surface area contributed by atoms with Crippen molar-refractivity contribution >= 4 is 51.1 Å². The molecule has 0 aliphatic rings. The van der Waals surface area contributed by atoms with E-state index >= 15 is 0 Å². The number of nitrogens with one attached hydrogen (secondary N) is 2. The van der Waals surface area contributed by atoms with Crippen molar-refractivity contribution in [3.8, 4) is 0 Å². The third-order valence-electron chi connectivity index (χ3n) is 3.11. The molecule has 1 aromatic rings. The summed E-state index contributed by atoms with van der Waals surface area (Å²) in [6.45, 7) is 9.47. The van der Waals surface area contributed by atoms with Crippen LogP contribution in [0.5, 0.6) is 0 Å². The molecule has 0 radical (unpaired) electrons. The normalized spacial score (nSPS) is 13.5. The number of rotatable bonds is 8. The number of thiazole rings is 1. The van der Waals surface area contributed by atoms with E-state index in [1.165, 1.54) is 6.26 Å². The van der Waals surface area contributed by atoms with E-state index in [0.29, 0.717) is 24.8 Å². The Kier molecular flexibility index (Phi) is 11.0. The van der Waals surface area contributed by atoms with Crippen molar-refractivity contribution in [2.75, 3.05) is 18.6 Å². The van der Waals surface area contributed by atoms with Gasteiger partial charge in [-0.25, -0.2) is 18.4 Å². The first-order valence-corrected chi connectivity index (χ1v) is 10.8. The number of sulfone groups is 1. The molecule has 6 nitrogen and oxygen atoms in total. The van der Waals surface area contributed by atoms with Gasteiger partial charge in [-0.2, -0.15) is 0 Å². The van der Waals surface area contributed by atoms with E-state index in [1.807, 2.05) is 19.2 Å². The van der Waals surface area contributed by atoms with Crippen LogP contribution < -0.4 is 10.6 Å². The third kappa shape index (κ3) is 9.77. The van der Waals surface area contributed by atoms with Crippen LogP contribution >= 0.6 is 35.3 Å². The molecule has 140 valence electrons. The molecule has 0 spiro atoms. The van der Waals surface area contributed by atoms with Gasteiger partial charge in [-0.3, -0.25) is 0 Å². The molecule has 0 aliphatic carbocycles. The van der Waals surface area contributed by atoms with Crippen molar-refractivity contribution in [3.63, 3.8) is 0 Å². The fourth-order valence-electron chi connectivity index (χ4n) is 1.84. The van der Waals surface area contributed by atoms with Gasteiger partial charge in [0.1, 0.15) is 9.84 Å². The molecular weight excluding hydrogens is 459 g/mol. The Morgan fingerprint density at radius 3 is 2.54 bits per heavy atom. The summed E-state index contributed by atoms with van der Waals surface area (Å²) in [6, 6.07) is 0.0317. The van der Waals surface area contributed by atoms with Gasteiger partial charge >= 0.3 is 0 Å². The van der Waals surface area contributed by atoms with Crippen molar-refractivity contribution < 1.29 is 8.42 Å². The van der Waals surface area contributed by atoms with Crippen molar-refractivity contribution in [2.45, 2.75) is 52.6 Å². The van der Waals surface area contributed by atoms with Gasteiger partial charge in [0.05, 0.1) is 23.0 Å². The topological polar surface area (TPSA) is 83.4 Å². The van der Waals surface area contributed by atoms with Crippen molar-refractivity contribution in [1.82, 2.24) is 15.6 Å². The summed E-state index contributed by atoms with van der Waals surface area (Å²) in [6.07, 6.45) is 1.81. The minimum Gasteiger partial charge on any atom is -0.357 e. The summed E-state index contributed by atoms with van der Waals surface area (Å²) >= 11 is 1.66. The van der Waals surface area contributed by atoms with Gasteiger partial charge in [-0.15, -0.1) is 35.3 Å². The van der Waals surface area contributed by atoms with Crippen LogP contribution in [0.3, 0.4) is 0 Å². The van der Waals surface area contributed by atoms with Crippen LogP contribution in [0.4, 0.5) is 0 Å². The van der Waals surface area contributed by atoms with Gasteiger partial charge in [-0.05, 0) is 20.3 Å². The molecule has 0 fully saturated rings. The summed E-state index contributed by atoms with van der Waals surface area (Å²) in [7, 11) is -2.94. The number of nitrogens with zero attached hydrogens (tertiary/aromatic N) is 2. The maximum atomic E-state index is 11.2. The molecule has 0 saturated heterocycles. The lowest BCUT2D eigenvalue weighted by atomic mass is 10.2. The van der Waals surface area contributed by atoms with Crippen molar-refractivity contribution in [2.24, 2.45) is 4.99 Å². The molecule has 1 unspecified atom stereocenters. The Bertz CT molecular complexity index is 615. The summed E-state index contributed by atoms with van der Waals surface area (Å²) in [5.74, 6) is 1.29. The van der Waals surface area contributed by atoms with Crippen LogP contribution in [-0.4, -0.2) is 44.0 Å². The van der Waals surface area contributed by atoms with E-state index in [0.717, 1.165) is 17.2 Å². The van der Waals surface area contributed by atoms with Gasteiger partial charge < -0.3 is 10.6 Å². The fourth-order valence-corrected chi connectivity index (χ4v) is 3.44. The molecule has 0 bridgehead atoms. The Morgan fingerprint density at radius 1 is 1.38 bits per heavy atom. The minimum atomic E-state index is -2.94. The minimum absolute atomic E-state index is 0. The average molecular weight is 488 g/mol. The molecule has 0 saturated carbocycles. The molecule has 1 heterocycles. The first kappa shape index (κ1) is 23.6. The molecule has 1 atom stereocenters. The Hall–Kier alpha value is -0.420. The highest BCUT2D eigenvalue weighted by Gasteiger charge is 2.10. The second-order valence-corrected chi connectivity index (χ2v) is 9.14. The highest BCUT2D eigenvalue weighted by molar-refractivity contribution is 14.0. The van der Waals surface area contributed by atoms with Crippen molar-refractivity contribution in [1.29, 1.82) is 0 Å². The first-order chi connectivity index (χ1) is 10.7. The highest BCUT2D eigenvalue weighted by Crippen LogP contribution is 2.19. The van der Waals surface area contributed by atoms with Gasteiger partial charge in [0.2, 0.25) is 0 Å². The van der Waals surface area contributed by atoms with E-state index in [-0.39, 0.29) is 35.8 Å². The number of aliphatic imine (C=N–C) groups is 1. The maximum Gasteiger partial charge on any atom is 0.191 e. The van der Waals surface area contributed by atoms with Crippen LogP contribution in [-0.2, 0) is 16.4 Å². The Morgan fingerprint density at radius 2 is 2.04 bits per heavy atom. The van der Waals surface area contributed by atoms with Crippen molar-refractivity contribution in [3.05, 3.63) is 16.1 Å². The summed E-state index contributed by atoms with van der Waals surface area (Å²) in [5, 5.41) is 9.57. The molecule has 2 N–H and O–H groups in total. The molecule has 24 heavy (non-hydrogen) atoms. The molecular formula is C15H29IN4O2S2. The second-order valence-electron chi connectivity index (χ2n) is 5.99. The zero-order chi connectivity index (χ0) is 17.5. The quantitative estimate of drug-likeness (QED) is 0.334. The summed E-state index contributed by atoms with van der Waals surface area (Å²) in [4.78, 5) is 9.10. The van der Waals surface area contributed by atoms with E-state index in [9.17, 15) is 8.42 Å². The SMILES string of the molecule is CCNC(=NCc1csc(C(C)C)n1)NC(C)CCS(C)(=O)=O.I. The lowest BCUT2D eigenvalue weighted by molar-refractivity contribution is 0.581. The number of hydrogen-bond donors (Lipinski definition) is 2. The second kappa shape index (κ2) is 11.2. The number of hydrogen-bond acceptors (Lipinski definition) is 5. The van der Waals surface area contributed by atoms with E-state index in [1.54, 1.807) is 11.3 Å². The van der Waals surface area contributed by atoms with Gasteiger partial charge in [0.15, 0.2) is 5.96 Å². The summed E-state index contributed by atoms with van der Waals surface area (Å²) in [5.41, 5.74) is 0.958. The van der Waals surface area contributed by atoms with Crippen LogP contribution in [0, 0.1) is 0 Å². The van der Waals surface area contributed by atoms with Crippen LogP contribution in [0.25, 0.3) is 0 Å². The van der Waals surface area contributed by atoms with Crippen LogP contribution in [0.1, 0.15) is 50.7 Å². The molecule has 9 heteroatoms. The highest BCUT2D eigenvalue weighted by atomic mass is 127. The molecule has 0 amide bonds. The molecule has 1 rings (SSSR count). The zero-order valence-corrected chi connectivity index (χ0v) is 19.0. The van der Waals surface area contributed by atoms with Crippen LogP contribution in [0.15, 0.2) is 10.4 Å². The lowest BCUT2D eigenvalue weighted by Gasteiger charge is -2.17. The van der Waals surface area contributed by atoms with Crippen LogP contribution in [0.2, 0.25) is 0 Å².